The van der Waals surface area contributed by atoms with Crippen LogP contribution >= 0.6 is 11.8 Å². The second-order valence-electron chi connectivity index (χ2n) is 5.69. The maximum atomic E-state index is 12.6. The average Bonchev–Trinajstić information content (AvgIpc) is 2.60. The van der Waals surface area contributed by atoms with Crippen molar-refractivity contribution in [2.75, 3.05) is 18.2 Å². The van der Waals surface area contributed by atoms with Crippen molar-refractivity contribution >= 4 is 33.4 Å². The summed E-state index contributed by atoms with van der Waals surface area (Å²) in [6.07, 6.45) is 1.86. The summed E-state index contributed by atoms with van der Waals surface area (Å²) < 4.78 is 33.4. The Balaban J connectivity index is 2.09. The summed E-state index contributed by atoms with van der Waals surface area (Å²) in [6.45, 7) is 3.31. The molecular formula is C18H22N2O4S2. The van der Waals surface area contributed by atoms with Crippen LogP contribution in [0, 0.1) is 0 Å². The second kappa shape index (κ2) is 9.07. The van der Waals surface area contributed by atoms with Gasteiger partial charge in [-0.1, -0.05) is 18.2 Å². The van der Waals surface area contributed by atoms with Crippen LogP contribution in [0.15, 0.2) is 58.3 Å². The number of para-hydroxylation sites is 1. The fourth-order valence-corrected chi connectivity index (χ4v) is 4.03. The third-order valence-corrected chi connectivity index (χ3v) is 5.77. The first-order valence-corrected chi connectivity index (χ1v) is 10.7. The fraction of sp³-hybridized carbons (Fsp3) is 0.278. The zero-order valence-corrected chi connectivity index (χ0v) is 16.5. The van der Waals surface area contributed by atoms with E-state index in [4.69, 9.17) is 4.74 Å². The Hall–Kier alpha value is -2.03. The van der Waals surface area contributed by atoms with E-state index in [0.29, 0.717) is 11.4 Å². The van der Waals surface area contributed by atoms with Crippen molar-refractivity contribution in [3.63, 3.8) is 0 Å². The molecular weight excluding hydrogens is 372 g/mol. The third-order valence-electron chi connectivity index (χ3n) is 3.39. The van der Waals surface area contributed by atoms with Crippen LogP contribution in [0.4, 0.5) is 5.69 Å². The minimum Gasteiger partial charge on any atom is -0.492 e. The number of benzene rings is 2. The van der Waals surface area contributed by atoms with Gasteiger partial charge in [0.25, 0.3) is 0 Å². The predicted octanol–water partition coefficient (Wildman–Crippen LogP) is 3.11. The third kappa shape index (κ3) is 5.76. The Morgan fingerprint density at radius 2 is 1.88 bits per heavy atom. The second-order valence-corrected chi connectivity index (χ2v) is 8.25. The van der Waals surface area contributed by atoms with Crippen LogP contribution in [0.2, 0.25) is 0 Å². The molecule has 0 saturated heterocycles. The van der Waals surface area contributed by atoms with Crippen molar-refractivity contribution in [2.45, 2.75) is 29.7 Å². The minimum atomic E-state index is -3.74. The van der Waals surface area contributed by atoms with Crippen LogP contribution in [-0.4, -0.2) is 33.2 Å². The molecule has 0 saturated carbocycles. The molecule has 26 heavy (non-hydrogen) atoms. The van der Waals surface area contributed by atoms with Crippen molar-refractivity contribution in [2.24, 2.45) is 0 Å². The van der Waals surface area contributed by atoms with Crippen LogP contribution in [0.25, 0.3) is 0 Å². The Kier molecular flexibility index (Phi) is 7.07. The van der Waals surface area contributed by atoms with Gasteiger partial charge < -0.3 is 10.1 Å². The van der Waals surface area contributed by atoms with Crippen molar-refractivity contribution in [3.8, 4) is 5.75 Å². The van der Waals surface area contributed by atoms with Gasteiger partial charge in [-0.25, -0.2) is 13.1 Å². The smallest absolute Gasteiger partial charge is 0.241 e. The van der Waals surface area contributed by atoms with Crippen LogP contribution < -0.4 is 14.8 Å². The Morgan fingerprint density at radius 1 is 1.19 bits per heavy atom. The van der Waals surface area contributed by atoms with E-state index < -0.39 is 16.1 Å². The van der Waals surface area contributed by atoms with Crippen molar-refractivity contribution in [1.29, 1.82) is 0 Å². The van der Waals surface area contributed by atoms with E-state index in [1.54, 1.807) is 13.0 Å². The highest BCUT2D eigenvalue weighted by Gasteiger charge is 2.19. The highest BCUT2D eigenvalue weighted by molar-refractivity contribution is 7.98. The zero-order valence-electron chi connectivity index (χ0n) is 14.9. The molecule has 1 atom stereocenters. The lowest BCUT2D eigenvalue weighted by Gasteiger charge is -2.16. The molecule has 8 heteroatoms. The first kappa shape index (κ1) is 20.3. The molecule has 0 aliphatic heterocycles. The van der Waals surface area contributed by atoms with Gasteiger partial charge in [0.2, 0.25) is 15.9 Å². The lowest BCUT2D eigenvalue weighted by Crippen LogP contribution is -2.36. The summed E-state index contributed by atoms with van der Waals surface area (Å²) in [6, 6.07) is 13.4. The van der Waals surface area contributed by atoms with Gasteiger partial charge in [0, 0.05) is 11.8 Å². The summed E-state index contributed by atoms with van der Waals surface area (Å²) in [5, 5.41) is 2.66. The molecule has 0 aliphatic rings. The molecule has 2 rings (SSSR count). The number of rotatable bonds is 8. The van der Waals surface area contributed by atoms with E-state index in [1.165, 1.54) is 30.8 Å². The van der Waals surface area contributed by atoms with Crippen molar-refractivity contribution in [3.05, 3.63) is 48.5 Å². The number of sulfonamides is 1. The van der Waals surface area contributed by atoms with E-state index in [-0.39, 0.29) is 17.4 Å². The summed E-state index contributed by atoms with van der Waals surface area (Å²) in [5.74, 6) is 0.420. The molecule has 2 aromatic carbocycles. The average molecular weight is 395 g/mol. The minimum absolute atomic E-state index is 0.0885. The van der Waals surface area contributed by atoms with E-state index in [9.17, 15) is 13.2 Å². The highest BCUT2D eigenvalue weighted by atomic mass is 32.2. The van der Waals surface area contributed by atoms with Crippen LogP contribution in [-0.2, 0) is 14.8 Å². The molecule has 0 aliphatic carbocycles. The number of hydrogen-bond acceptors (Lipinski definition) is 5. The molecule has 1 amide bonds. The summed E-state index contributed by atoms with van der Waals surface area (Å²) in [4.78, 5) is 12.2. The van der Waals surface area contributed by atoms with Gasteiger partial charge in [-0.2, -0.15) is 0 Å². The monoisotopic (exact) mass is 394 g/mol. The molecule has 2 N–H and O–H groups in total. The molecule has 0 bridgehead atoms. The number of carbonyl (C=O) groups is 1. The van der Waals surface area contributed by atoms with Gasteiger partial charge in [0.1, 0.15) is 12.4 Å². The maximum absolute atomic E-state index is 12.6. The van der Waals surface area contributed by atoms with Crippen LogP contribution in [0.1, 0.15) is 13.8 Å². The first-order chi connectivity index (χ1) is 12.3. The van der Waals surface area contributed by atoms with Gasteiger partial charge in [-0.3, -0.25) is 4.79 Å². The summed E-state index contributed by atoms with van der Waals surface area (Å²) >= 11 is 1.43. The zero-order chi connectivity index (χ0) is 19.2. The van der Waals surface area contributed by atoms with Crippen LogP contribution in [0.3, 0.4) is 0 Å². The highest BCUT2D eigenvalue weighted by Crippen LogP contribution is 2.28. The molecule has 2 aromatic rings. The number of amides is 1. The van der Waals surface area contributed by atoms with Crippen LogP contribution in [0.5, 0.6) is 5.75 Å². The maximum Gasteiger partial charge on any atom is 0.241 e. The van der Waals surface area contributed by atoms with Gasteiger partial charge in [0.05, 0.1) is 16.6 Å². The molecule has 0 heterocycles. The van der Waals surface area contributed by atoms with Gasteiger partial charge in [0.15, 0.2) is 0 Å². The normalized spacial score (nSPS) is 12.4. The number of nitrogens with one attached hydrogen (secondary N) is 2. The number of anilines is 1. The van der Waals surface area contributed by atoms with E-state index >= 15 is 0 Å². The SMILES string of the molecule is CSc1ccc(S(=O)(=O)N[C@@H](C)COc2ccccc2)cc1NC(C)=O. The number of ether oxygens (including phenoxy) is 1. The molecule has 0 unspecified atom stereocenters. The number of thioether (sulfide) groups is 1. The largest absolute Gasteiger partial charge is 0.492 e. The Labute approximate surface area is 158 Å². The lowest BCUT2D eigenvalue weighted by atomic mass is 10.3. The lowest BCUT2D eigenvalue weighted by molar-refractivity contribution is -0.114. The van der Waals surface area contributed by atoms with Gasteiger partial charge in [-0.05, 0) is 43.5 Å². The Morgan fingerprint density at radius 3 is 2.50 bits per heavy atom. The fourth-order valence-electron chi connectivity index (χ4n) is 2.25. The first-order valence-electron chi connectivity index (χ1n) is 7.97. The summed E-state index contributed by atoms with van der Waals surface area (Å²) in [5.41, 5.74) is 0.473. The van der Waals surface area contributed by atoms with Gasteiger partial charge in [-0.15, -0.1) is 11.8 Å². The van der Waals surface area contributed by atoms with E-state index in [1.807, 2.05) is 36.6 Å². The molecule has 0 aromatic heterocycles. The molecule has 140 valence electrons. The quantitative estimate of drug-likeness (QED) is 0.672. The summed E-state index contributed by atoms with van der Waals surface area (Å²) in [7, 11) is -3.74. The van der Waals surface area contributed by atoms with Crippen molar-refractivity contribution < 1.29 is 17.9 Å². The topological polar surface area (TPSA) is 84.5 Å². The van der Waals surface area contributed by atoms with E-state index in [0.717, 1.165) is 4.90 Å². The number of carbonyl (C=O) groups excluding carboxylic acids is 1. The van der Waals surface area contributed by atoms with E-state index in [2.05, 4.69) is 10.0 Å². The molecule has 0 radical (unpaired) electrons. The predicted molar refractivity (Wildman–Crippen MR) is 104 cm³/mol. The molecule has 0 fully saturated rings. The molecule has 6 nitrogen and oxygen atoms in total. The van der Waals surface area contributed by atoms with Gasteiger partial charge >= 0.3 is 0 Å². The van der Waals surface area contributed by atoms with Crippen molar-refractivity contribution in [1.82, 2.24) is 4.72 Å². The molecule has 0 spiro atoms. The number of hydrogen-bond donors (Lipinski definition) is 2. The standard InChI is InChI=1S/C18H22N2O4S2/c1-13(12-24-15-7-5-4-6-8-15)20-26(22,23)16-9-10-18(25-3)17(11-16)19-14(2)21/h4-11,13,20H,12H2,1-3H3,(H,19,21)/t13-/m0/s1. The Bertz CT molecular complexity index is 855.